The summed E-state index contributed by atoms with van der Waals surface area (Å²) >= 11 is 0.684. The summed E-state index contributed by atoms with van der Waals surface area (Å²) in [7, 11) is 0. The Morgan fingerprint density at radius 1 is 1.00 bits per heavy atom. The highest BCUT2D eigenvalue weighted by molar-refractivity contribution is 7.17. The fraction of sp³-hybridized carbons (Fsp3) is 0.483. The maximum Gasteiger partial charge on any atom is 0.325 e. The van der Waals surface area contributed by atoms with Crippen molar-refractivity contribution >= 4 is 45.8 Å². The van der Waals surface area contributed by atoms with Crippen molar-refractivity contribution in [1.82, 2.24) is 16.0 Å². The van der Waals surface area contributed by atoms with Gasteiger partial charge in [-0.25, -0.2) is 0 Å². The zero-order valence-corrected chi connectivity index (χ0v) is 24.7. The fourth-order valence-corrected chi connectivity index (χ4v) is 5.42. The van der Waals surface area contributed by atoms with Gasteiger partial charge in [-0.05, 0) is 30.9 Å². The number of rotatable bonds is 16. The Hall–Kier alpha value is -4.17. The molecular weight excluding hydrogens is 580 g/mol. The highest BCUT2D eigenvalue weighted by Crippen LogP contribution is 2.28. The Bertz CT molecular complexity index is 1280. The molecule has 1 heterocycles. The van der Waals surface area contributed by atoms with Crippen LogP contribution in [0.2, 0.25) is 0 Å². The Balaban J connectivity index is 1.75. The first kappa shape index (κ1) is 33.3. The van der Waals surface area contributed by atoms with Crippen LogP contribution >= 0.6 is 11.3 Å². The highest BCUT2D eigenvalue weighted by atomic mass is 32.1. The number of hydrogen-bond acceptors (Lipinski definition) is 10. The minimum atomic E-state index is -1.42. The molecule has 0 saturated heterocycles. The van der Waals surface area contributed by atoms with E-state index in [1.807, 2.05) is 30.3 Å². The number of amides is 3. The highest BCUT2D eigenvalue weighted by Gasteiger charge is 2.33. The second-order valence-corrected chi connectivity index (χ2v) is 11.1. The van der Waals surface area contributed by atoms with E-state index < -0.39 is 53.0 Å². The second kappa shape index (κ2) is 17.1. The lowest BCUT2D eigenvalue weighted by atomic mass is 9.84. The van der Waals surface area contributed by atoms with Gasteiger partial charge in [0.2, 0.25) is 11.7 Å². The molecule has 1 aromatic carbocycles. The first-order valence-electron chi connectivity index (χ1n) is 14.1. The van der Waals surface area contributed by atoms with Gasteiger partial charge in [0.05, 0.1) is 29.6 Å². The third kappa shape index (κ3) is 10.9. The number of nitro groups is 1. The van der Waals surface area contributed by atoms with Crippen LogP contribution < -0.4 is 16.0 Å². The number of ketones is 1. The number of carbonyl (C=O) groups excluding carboxylic acids is 5. The molecule has 3 rings (SSSR count). The van der Waals surface area contributed by atoms with Gasteiger partial charge in [0.1, 0.15) is 18.6 Å². The van der Waals surface area contributed by atoms with E-state index in [9.17, 15) is 34.1 Å². The van der Waals surface area contributed by atoms with Gasteiger partial charge < -0.3 is 25.4 Å². The normalized spacial score (nSPS) is 14.6. The van der Waals surface area contributed by atoms with E-state index in [0.717, 1.165) is 37.7 Å². The summed E-state index contributed by atoms with van der Waals surface area (Å²) in [6, 6.07) is 9.10. The molecule has 1 aromatic heterocycles. The molecule has 0 aliphatic heterocycles. The smallest absolute Gasteiger partial charge is 0.325 e. The monoisotopic (exact) mass is 616 g/mol. The lowest BCUT2D eigenvalue weighted by Crippen LogP contribution is -2.56. The van der Waals surface area contributed by atoms with E-state index in [1.54, 1.807) is 6.92 Å². The van der Waals surface area contributed by atoms with Crippen LogP contribution in [0.3, 0.4) is 0 Å². The summed E-state index contributed by atoms with van der Waals surface area (Å²) in [5.41, 5.74) is 0.805. The summed E-state index contributed by atoms with van der Waals surface area (Å²) in [4.78, 5) is 74.5. The van der Waals surface area contributed by atoms with Gasteiger partial charge in [0.15, 0.2) is 0 Å². The molecule has 2 aromatic rings. The minimum Gasteiger partial charge on any atom is -0.465 e. The van der Waals surface area contributed by atoms with Gasteiger partial charge in [-0.1, -0.05) is 73.8 Å². The van der Waals surface area contributed by atoms with E-state index in [-0.39, 0.29) is 42.0 Å². The van der Waals surface area contributed by atoms with Crippen LogP contribution in [0.1, 0.15) is 60.7 Å². The Labute approximate surface area is 252 Å². The van der Waals surface area contributed by atoms with Gasteiger partial charge in [-0.2, -0.15) is 0 Å². The van der Waals surface area contributed by atoms with Crippen LogP contribution in [0.25, 0.3) is 0 Å². The molecule has 232 valence electrons. The van der Waals surface area contributed by atoms with Gasteiger partial charge in [-0.15, -0.1) is 0 Å². The van der Waals surface area contributed by atoms with Crippen molar-refractivity contribution in [3.8, 4) is 0 Å². The SMILES string of the molecule is CCOC(=O)CNC(=O)C(=O)C(COCc1ccccc1)NC(=O)[C@@H](CC1CCCCC1)NC(=O)c1ccc([N+](=O)[O-])s1. The van der Waals surface area contributed by atoms with E-state index in [0.29, 0.717) is 11.3 Å². The van der Waals surface area contributed by atoms with E-state index >= 15 is 0 Å². The maximum atomic E-state index is 13.6. The largest absolute Gasteiger partial charge is 0.465 e. The van der Waals surface area contributed by atoms with Gasteiger partial charge in [-0.3, -0.25) is 34.1 Å². The topological polar surface area (TPSA) is 183 Å². The lowest BCUT2D eigenvalue weighted by Gasteiger charge is -2.28. The standard InChI is InChI=1S/C29H36N4O9S/c1-2-42-25(34)16-30-29(38)26(35)22(18-41-17-20-11-7-4-8-12-20)32-27(36)21(15-19-9-5-3-6-10-19)31-28(37)23-13-14-24(43-23)33(39)40/h4,7-8,11-14,19,21-22H,2-3,5-6,9-10,15-18H2,1H3,(H,30,38)(H,31,37)(H,32,36)/t21-,22?/m1/s1. The molecule has 1 unspecified atom stereocenters. The Kier molecular flexibility index (Phi) is 13.2. The van der Waals surface area contributed by atoms with E-state index in [2.05, 4.69) is 16.0 Å². The summed E-state index contributed by atoms with van der Waals surface area (Å²) in [6.45, 7) is 0.916. The van der Waals surface area contributed by atoms with Crippen molar-refractivity contribution in [2.45, 2.75) is 64.1 Å². The number of thiophene rings is 1. The van der Waals surface area contributed by atoms with Crippen LogP contribution in [0.4, 0.5) is 5.00 Å². The van der Waals surface area contributed by atoms with E-state index in [1.165, 1.54) is 12.1 Å². The Morgan fingerprint density at radius 3 is 2.37 bits per heavy atom. The first-order chi connectivity index (χ1) is 20.7. The van der Waals surface area contributed by atoms with Crippen molar-refractivity contribution < 1.29 is 38.4 Å². The van der Waals surface area contributed by atoms with Crippen LogP contribution in [0.15, 0.2) is 42.5 Å². The quantitative estimate of drug-likeness (QED) is 0.110. The molecule has 43 heavy (non-hydrogen) atoms. The van der Waals surface area contributed by atoms with E-state index in [4.69, 9.17) is 9.47 Å². The van der Waals surface area contributed by atoms with Crippen LogP contribution in [-0.4, -0.2) is 66.2 Å². The van der Waals surface area contributed by atoms with Gasteiger partial charge >= 0.3 is 11.0 Å². The van der Waals surface area contributed by atoms with Crippen molar-refractivity contribution in [2.24, 2.45) is 5.92 Å². The summed E-state index contributed by atoms with van der Waals surface area (Å²) in [6.07, 6.45) is 5.06. The van der Waals surface area contributed by atoms with Crippen LogP contribution in [-0.2, 0) is 35.3 Å². The van der Waals surface area contributed by atoms with Gasteiger partial charge in [0.25, 0.3) is 11.8 Å². The number of Topliss-reactive ketones (excluding diaryl/α,β-unsaturated/α-hetero) is 1. The predicted octanol–water partition coefficient (Wildman–Crippen LogP) is 2.68. The van der Waals surface area contributed by atoms with Gasteiger partial charge in [0, 0.05) is 6.07 Å². The number of nitrogens with one attached hydrogen (secondary N) is 3. The maximum absolute atomic E-state index is 13.6. The number of nitrogens with zero attached hydrogens (tertiary/aromatic N) is 1. The molecule has 3 N–H and O–H groups in total. The molecule has 0 bridgehead atoms. The third-order valence-electron chi connectivity index (χ3n) is 6.86. The number of esters is 1. The van der Waals surface area contributed by atoms with Crippen molar-refractivity contribution in [3.63, 3.8) is 0 Å². The molecule has 0 spiro atoms. The average molecular weight is 617 g/mol. The first-order valence-corrected chi connectivity index (χ1v) is 14.9. The average Bonchev–Trinajstić information content (AvgIpc) is 3.51. The summed E-state index contributed by atoms with van der Waals surface area (Å²) in [5, 5.41) is 18.3. The lowest BCUT2D eigenvalue weighted by molar-refractivity contribution is -0.380. The molecule has 3 amide bonds. The predicted molar refractivity (Wildman–Crippen MR) is 156 cm³/mol. The fourth-order valence-electron chi connectivity index (χ4n) is 4.70. The Morgan fingerprint density at radius 2 is 1.72 bits per heavy atom. The molecule has 1 fully saturated rings. The van der Waals surface area contributed by atoms with Crippen LogP contribution in [0, 0.1) is 16.0 Å². The van der Waals surface area contributed by atoms with Crippen LogP contribution in [0.5, 0.6) is 0 Å². The number of ether oxygens (including phenoxy) is 2. The molecule has 2 atom stereocenters. The summed E-state index contributed by atoms with van der Waals surface area (Å²) in [5.74, 6) is -4.11. The van der Waals surface area contributed by atoms with Crippen molar-refractivity contribution in [1.29, 1.82) is 0 Å². The number of benzene rings is 1. The molecule has 13 nitrogen and oxygen atoms in total. The molecule has 1 aliphatic carbocycles. The molecule has 0 radical (unpaired) electrons. The van der Waals surface area contributed by atoms with Crippen molar-refractivity contribution in [2.75, 3.05) is 19.8 Å². The zero-order chi connectivity index (χ0) is 31.2. The second-order valence-electron chi connectivity index (χ2n) is 10.1. The third-order valence-corrected chi connectivity index (χ3v) is 7.90. The minimum absolute atomic E-state index is 0.0605. The number of carbonyl (C=O) groups is 5. The molecule has 14 heteroatoms. The van der Waals surface area contributed by atoms with Crippen molar-refractivity contribution in [3.05, 3.63) is 63.0 Å². The summed E-state index contributed by atoms with van der Waals surface area (Å²) < 4.78 is 10.4. The number of hydrogen-bond donors (Lipinski definition) is 3. The zero-order valence-electron chi connectivity index (χ0n) is 23.9. The molecule has 1 saturated carbocycles. The molecular formula is C29H36N4O9S. The molecule has 1 aliphatic rings.